The normalized spacial score (nSPS) is 10.5. The number of nitrogens with zero attached hydrogens (tertiary/aromatic N) is 1. The van der Waals surface area contributed by atoms with Gasteiger partial charge in [0.15, 0.2) is 0 Å². The quantitative estimate of drug-likeness (QED) is 0.617. The van der Waals surface area contributed by atoms with Crippen molar-refractivity contribution in [2.24, 2.45) is 0 Å². The molecule has 0 aromatic carbocycles. The fourth-order valence-corrected chi connectivity index (χ4v) is 2.26. The number of hydrogen-bond acceptors (Lipinski definition) is 4. The summed E-state index contributed by atoms with van der Waals surface area (Å²) in [5.74, 6) is 0.960. The van der Waals surface area contributed by atoms with Crippen LogP contribution in [-0.4, -0.2) is 37.5 Å². The molecule has 0 aliphatic rings. The van der Waals surface area contributed by atoms with Gasteiger partial charge in [-0.25, -0.2) is 0 Å². The van der Waals surface area contributed by atoms with E-state index < -0.39 is 0 Å². The van der Waals surface area contributed by atoms with Gasteiger partial charge in [-0.15, -0.1) is 11.8 Å². The highest BCUT2D eigenvalue weighted by molar-refractivity contribution is 9.10. The second-order valence-electron chi connectivity index (χ2n) is 2.90. The Morgan fingerprint density at radius 1 is 1.47 bits per heavy atom. The van der Waals surface area contributed by atoms with E-state index in [-0.39, 0.29) is 0 Å². The van der Waals surface area contributed by atoms with Crippen molar-refractivity contribution in [3.05, 3.63) is 22.9 Å². The van der Waals surface area contributed by atoms with E-state index >= 15 is 0 Å². The third kappa shape index (κ3) is 6.14. The number of likely N-dealkylation sites (N-methyl/N-ethyl adjacent to an activating group) is 1. The summed E-state index contributed by atoms with van der Waals surface area (Å²) < 4.78 is 6.43. The molecule has 0 aliphatic heterocycles. The fourth-order valence-electron chi connectivity index (χ4n) is 0.966. The lowest BCUT2D eigenvalue weighted by atomic mass is 10.5. The molecule has 15 heavy (non-hydrogen) atoms. The van der Waals surface area contributed by atoms with Crippen LogP contribution in [0.4, 0.5) is 0 Å². The Kier molecular flexibility index (Phi) is 7.00. The molecule has 0 aliphatic carbocycles. The number of hydrogen-bond donors (Lipinski definition) is 1. The Bertz CT molecular complexity index is 286. The molecule has 1 rings (SSSR count). The maximum Gasteiger partial charge on any atom is 0.0591 e. The van der Waals surface area contributed by atoms with E-state index in [1.165, 1.54) is 4.90 Å². The van der Waals surface area contributed by atoms with Gasteiger partial charge in [0, 0.05) is 34.1 Å². The third-order valence-electron chi connectivity index (χ3n) is 1.67. The van der Waals surface area contributed by atoms with Crippen LogP contribution >= 0.6 is 27.7 Å². The van der Waals surface area contributed by atoms with E-state index in [0.29, 0.717) is 0 Å². The first kappa shape index (κ1) is 13.0. The van der Waals surface area contributed by atoms with Crippen LogP contribution in [0.1, 0.15) is 0 Å². The second-order valence-corrected chi connectivity index (χ2v) is 4.99. The van der Waals surface area contributed by atoms with E-state index in [1.54, 1.807) is 18.0 Å². The zero-order valence-electron chi connectivity index (χ0n) is 8.70. The average Bonchev–Trinajstić information content (AvgIpc) is 2.23. The fraction of sp³-hybridized carbons (Fsp3) is 0.500. The van der Waals surface area contributed by atoms with Crippen LogP contribution in [0.2, 0.25) is 0 Å². The predicted octanol–water partition coefficient (Wildman–Crippen LogP) is 2.17. The van der Waals surface area contributed by atoms with Crippen molar-refractivity contribution >= 4 is 27.7 Å². The average molecular weight is 291 g/mol. The lowest BCUT2D eigenvalue weighted by molar-refractivity contribution is 0.153. The summed E-state index contributed by atoms with van der Waals surface area (Å²) in [5, 5.41) is 3.04. The summed E-state index contributed by atoms with van der Waals surface area (Å²) in [7, 11) is 1.92. The Hall–Kier alpha value is -0.100. The van der Waals surface area contributed by atoms with Crippen LogP contribution in [0, 0.1) is 0 Å². The standard InChI is InChI=1S/C10H15BrN2OS/c1-12-2-3-14-4-5-15-10-6-9(11)7-13-8-10/h6-8,12H,2-5H2,1H3. The smallest absolute Gasteiger partial charge is 0.0591 e. The highest BCUT2D eigenvalue weighted by Crippen LogP contribution is 2.19. The molecule has 3 nitrogen and oxygen atoms in total. The van der Waals surface area contributed by atoms with Crippen molar-refractivity contribution in [3.8, 4) is 0 Å². The topological polar surface area (TPSA) is 34.1 Å². The molecule has 0 bridgehead atoms. The van der Waals surface area contributed by atoms with Gasteiger partial charge in [0.25, 0.3) is 0 Å². The highest BCUT2D eigenvalue weighted by atomic mass is 79.9. The van der Waals surface area contributed by atoms with Gasteiger partial charge < -0.3 is 10.1 Å². The molecule has 5 heteroatoms. The summed E-state index contributed by atoms with van der Waals surface area (Å²) in [6.07, 6.45) is 3.65. The molecule has 0 saturated carbocycles. The molecule has 1 N–H and O–H groups in total. The summed E-state index contributed by atoms with van der Waals surface area (Å²) in [5.41, 5.74) is 0. The van der Waals surface area contributed by atoms with Gasteiger partial charge >= 0.3 is 0 Å². The second kappa shape index (κ2) is 8.10. The number of thioether (sulfide) groups is 1. The number of pyridine rings is 1. The monoisotopic (exact) mass is 290 g/mol. The minimum Gasteiger partial charge on any atom is -0.379 e. The van der Waals surface area contributed by atoms with Crippen LogP contribution in [0.5, 0.6) is 0 Å². The molecule has 0 fully saturated rings. The van der Waals surface area contributed by atoms with Gasteiger partial charge in [-0.05, 0) is 29.0 Å². The molecule has 0 saturated heterocycles. The zero-order chi connectivity index (χ0) is 10.9. The number of rotatable bonds is 7. The Balaban J connectivity index is 2.10. The van der Waals surface area contributed by atoms with Gasteiger partial charge in [-0.1, -0.05) is 0 Å². The molecule has 0 unspecified atom stereocenters. The van der Waals surface area contributed by atoms with Crippen molar-refractivity contribution in [1.82, 2.24) is 10.3 Å². The minimum absolute atomic E-state index is 0.772. The molecular formula is C10H15BrN2OS. The number of halogens is 1. The lowest BCUT2D eigenvalue weighted by Crippen LogP contribution is -2.15. The zero-order valence-corrected chi connectivity index (χ0v) is 11.1. The largest absolute Gasteiger partial charge is 0.379 e. The van der Waals surface area contributed by atoms with Crippen molar-refractivity contribution in [3.63, 3.8) is 0 Å². The van der Waals surface area contributed by atoms with Crippen molar-refractivity contribution < 1.29 is 4.74 Å². The van der Waals surface area contributed by atoms with Crippen molar-refractivity contribution in [2.75, 3.05) is 32.6 Å². The van der Waals surface area contributed by atoms with E-state index in [2.05, 4.69) is 32.3 Å². The SMILES string of the molecule is CNCCOCCSc1cncc(Br)c1. The van der Waals surface area contributed by atoms with E-state index in [1.807, 2.05) is 13.2 Å². The van der Waals surface area contributed by atoms with Crippen LogP contribution in [0.15, 0.2) is 27.8 Å². The van der Waals surface area contributed by atoms with E-state index in [4.69, 9.17) is 4.74 Å². The summed E-state index contributed by atoms with van der Waals surface area (Å²) in [6.45, 7) is 2.45. The van der Waals surface area contributed by atoms with Crippen molar-refractivity contribution in [2.45, 2.75) is 4.90 Å². The molecule has 0 radical (unpaired) electrons. The van der Waals surface area contributed by atoms with Crippen LogP contribution in [0.25, 0.3) is 0 Å². The molecule has 0 atom stereocenters. The molecule has 0 amide bonds. The predicted molar refractivity (Wildman–Crippen MR) is 67.4 cm³/mol. The summed E-state index contributed by atoms with van der Waals surface area (Å²) in [4.78, 5) is 5.26. The Morgan fingerprint density at radius 3 is 3.07 bits per heavy atom. The van der Waals surface area contributed by atoms with Crippen LogP contribution in [0.3, 0.4) is 0 Å². The van der Waals surface area contributed by atoms with Gasteiger partial charge in [-0.2, -0.15) is 0 Å². The molecule has 84 valence electrons. The number of nitrogens with one attached hydrogen (secondary N) is 1. The van der Waals surface area contributed by atoms with Gasteiger partial charge in [0.2, 0.25) is 0 Å². The molecule has 1 aromatic heterocycles. The van der Waals surface area contributed by atoms with Gasteiger partial charge in [-0.3, -0.25) is 4.98 Å². The number of ether oxygens (including phenoxy) is 1. The molecular weight excluding hydrogens is 276 g/mol. The molecule has 1 aromatic rings. The lowest BCUT2D eigenvalue weighted by Gasteiger charge is -2.03. The summed E-state index contributed by atoms with van der Waals surface area (Å²) >= 11 is 5.14. The maximum absolute atomic E-state index is 5.41. The Morgan fingerprint density at radius 2 is 2.33 bits per heavy atom. The maximum atomic E-state index is 5.41. The first-order chi connectivity index (χ1) is 7.33. The highest BCUT2D eigenvalue weighted by Gasteiger charge is 1.95. The number of aromatic nitrogens is 1. The van der Waals surface area contributed by atoms with Crippen LogP contribution in [-0.2, 0) is 4.74 Å². The van der Waals surface area contributed by atoms with E-state index in [0.717, 1.165) is 30.0 Å². The summed E-state index contributed by atoms with van der Waals surface area (Å²) in [6, 6.07) is 2.06. The molecule has 0 spiro atoms. The first-order valence-corrected chi connectivity index (χ1v) is 6.56. The molecule has 1 heterocycles. The van der Waals surface area contributed by atoms with E-state index in [9.17, 15) is 0 Å². The third-order valence-corrected chi connectivity index (χ3v) is 3.03. The van der Waals surface area contributed by atoms with Gasteiger partial charge in [0.1, 0.15) is 0 Å². The van der Waals surface area contributed by atoms with Crippen LogP contribution < -0.4 is 5.32 Å². The Labute approximate surface area is 103 Å². The first-order valence-electron chi connectivity index (χ1n) is 4.78. The van der Waals surface area contributed by atoms with Crippen molar-refractivity contribution in [1.29, 1.82) is 0 Å². The minimum atomic E-state index is 0.772. The van der Waals surface area contributed by atoms with Gasteiger partial charge in [0.05, 0.1) is 13.2 Å².